The molecule has 7 nitrogen and oxygen atoms in total. The third-order valence-corrected chi connectivity index (χ3v) is 8.03. The number of hydrogen-bond acceptors (Lipinski definition) is 4. The highest BCUT2D eigenvalue weighted by molar-refractivity contribution is 7.92. The van der Waals surface area contributed by atoms with E-state index < -0.39 is 28.5 Å². The van der Waals surface area contributed by atoms with Crippen molar-refractivity contribution in [2.24, 2.45) is 0 Å². The zero-order valence-electron chi connectivity index (χ0n) is 21.2. The maximum atomic E-state index is 13.8. The molecule has 37 heavy (non-hydrogen) atoms. The van der Waals surface area contributed by atoms with Gasteiger partial charge in [0.25, 0.3) is 10.0 Å². The van der Waals surface area contributed by atoms with E-state index in [9.17, 15) is 18.0 Å². The Morgan fingerprint density at radius 3 is 2.19 bits per heavy atom. The number of nitrogens with zero attached hydrogens (tertiary/aromatic N) is 2. The van der Waals surface area contributed by atoms with Gasteiger partial charge in [-0.25, -0.2) is 8.42 Å². The van der Waals surface area contributed by atoms with Gasteiger partial charge in [0.2, 0.25) is 11.8 Å². The van der Waals surface area contributed by atoms with Gasteiger partial charge in [-0.15, -0.1) is 0 Å². The van der Waals surface area contributed by atoms with Crippen molar-refractivity contribution in [1.29, 1.82) is 0 Å². The maximum Gasteiger partial charge on any atom is 0.264 e. The predicted molar refractivity (Wildman–Crippen MR) is 147 cm³/mol. The fraction of sp³-hybridized carbons (Fsp3) is 0.286. The molecule has 0 heterocycles. The van der Waals surface area contributed by atoms with E-state index in [1.807, 2.05) is 19.1 Å². The van der Waals surface area contributed by atoms with Crippen molar-refractivity contribution in [2.75, 3.05) is 17.4 Å². The van der Waals surface area contributed by atoms with E-state index in [1.54, 1.807) is 68.4 Å². The summed E-state index contributed by atoms with van der Waals surface area (Å²) in [6.45, 7) is 5.44. The summed E-state index contributed by atoms with van der Waals surface area (Å²) < 4.78 is 28.5. The molecule has 1 unspecified atom stereocenters. The summed E-state index contributed by atoms with van der Waals surface area (Å²) in [7, 11) is -4.07. The maximum absolute atomic E-state index is 13.8. The third-order valence-electron chi connectivity index (χ3n) is 6.00. The first-order chi connectivity index (χ1) is 17.7. The van der Waals surface area contributed by atoms with E-state index in [4.69, 9.17) is 11.6 Å². The molecule has 0 spiro atoms. The summed E-state index contributed by atoms with van der Waals surface area (Å²) >= 11 is 6.15. The highest BCUT2D eigenvalue weighted by Crippen LogP contribution is 2.25. The number of halogens is 1. The molecule has 0 saturated heterocycles. The molecule has 1 atom stereocenters. The lowest BCUT2D eigenvalue weighted by atomic mass is 10.1. The molecular weight excluding hydrogens is 510 g/mol. The van der Waals surface area contributed by atoms with Crippen molar-refractivity contribution in [2.45, 2.75) is 44.7 Å². The lowest BCUT2D eigenvalue weighted by molar-refractivity contribution is -0.139. The Bertz CT molecular complexity index is 1310. The molecule has 0 aliphatic rings. The molecule has 3 rings (SSSR count). The molecule has 0 aromatic heterocycles. The van der Waals surface area contributed by atoms with Crippen LogP contribution in [0.2, 0.25) is 5.02 Å². The summed E-state index contributed by atoms with van der Waals surface area (Å²) in [4.78, 5) is 28.0. The number of anilines is 1. The minimum Gasteiger partial charge on any atom is -0.355 e. The number of nitrogens with one attached hydrogen (secondary N) is 1. The van der Waals surface area contributed by atoms with E-state index >= 15 is 0 Å². The van der Waals surface area contributed by atoms with E-state index in [0.29, 0.717) is 17.3 Å². The molecule has 0 radical (unpaired) electrons. The molecule has 2 amide bonds. The van der Waals surface area contributed by atoms with Crippen LogP contribution in [-0.4, -0.2) is 44.3 Å². The average molecular weight is 542 g/mol. The fourth-order valence-corrected chi connectivity index (χ4v) is 5.53. The van der Waals surface area contributed by atoms with Crippen molar-refractivity contribution in [3.05, 3.63) is 95.0 Å². The summed E-state index contributed by atoms with van der Waals surface area (Å²) in [6, 6.07) is 21.2. The third kappa shape index (κ3) is 7.11. The van der Waals surface area contributed by atoms with Crippen LogP contribution < -0.4 is 9.62 Å². The van der Waals surface area contributed by atoms with Crippen molar-refractivity contribution in [3.8, 4) is 0 Å². The van der Waals surface area contributed by atoms with Crippen LogP contribution in [0.1, 0.15) is 31.9 Å². The molecule has 0 aliphatic carbocycles. The van der Waals surface area contributed by atoms with Gasteiger partial charge in [-0.05, 0) is 67.8 Å². The summed E-state index contributed by atoms with van der Waals surface area (Å²) in [5, 5.41) is 3.24. The second kappa shape index (κ2) is 12.7. The largest absolute Gasteiger partial charge is 0.355 e. The number of benzene rings is 3. The minimum absolute atomic E-state index is 0.0699. The van der Waals surface area contributed by atoms with Crippen LogP contribution in [0.3, 0.4) is 0 Å². The van der Waals surface area contributed by atoms with E-state index in [1.165, 1.54) is 17.0 Å². The van der Waals surface area contributed by atoms with Crippen LogP contribution in [0, 0.1) is 0 Å². The normalized spacial score (nSPS) is 12.0. The van der Waals surface area contributed by atoms with E-state index in [2.05, 4.69) is 5.32 Å². The van der Waals surface area contributed by atoms with Crippen molar-refractivity contribution in [1.82, 2.24) is 10.2 Å². The Morgan fingerprint density at radius 1 is 0.919 bits per heavy atom. The smallest absolute Gasteiger partial charge is 0.264 e. The van der Waals surface area contributed by atoms with Crippen molar-refractivity contribution in [3.63, 3.8) is 0 Å². The first-order valence-electron chi connectivity index (χ1n) is 12.2. The highest BCUT2D eigenvalue weighted by Gasteiger charge is 2.32. The van der Waals surface area contributed by atoms with Gasteiger partial charge in [-0.2, -0.15) is 0 Å². The second-order valence-electron chi connectivity index (χ2n) is 8.57. The lowest BCUT2D eigenvalue weighted by Gasteiger charge is -2.32. The second-order valence-corrected chi connectivity index (χ2v) is 10.9. The van der Waals surface area contributed by atoms with E-state index in [0.717, 1.165) is 21.9 Å². The number of likely N-dealkylation sites (N-methyl/N-ethyl adjacent to an activating group) is 1. The SMILES string of the molecule is CCNC(=O)C(C)N(Cc1cccc(Cl)c1)C(=O)CN(c1ccc(CC)cc1)S(=O)(=O)c1ccccc1. The van der Waals surface area contributed by atoms with Crippen LogP contribution >= 0.6 is 11.6 Å². The lowest BCUT2D eigenvalue weighted by Crippen LogP contribution is -2.51. The summed E-state index contributed by atoms with van der Waals surface area (Å²) in [6.07, 6.45) is 0.794. The summed E-state index contributed by atoms with van der Waals surface area (Å²) in [5.74, 6) is -0.847. The molecule has 3 aromatic rings. The van der Waals surface area contributed by atoms with E-state index in [-0.39, 0.29) is 17.3 Å². The number of carbonyl (C=O) groups excluding carboxylic acids is 2. The number of hydrogen-bond donors (Lipinski definition) is 1. The molecular formula is C28H32ClN3O4S. The standard InChI is InChI=1S/C28H32ClN3O4S/c1-4-22-14-16-25(17-15-22)32(37(35,36)26-12-7-6-8-13-26)20-27(33)31(21(3)28(34)30-5-2)19-23-10-9-11-24(29)18-23/h6-18,21H,4-5,19-20H2,1-3H3,(H,30,34). The van der Waals surface area contributed by atoms with Crippen LogP contribution in [0.25, 0.3) is 0 Å². The van der Waals surface area contributed by atoms with Gasteiger partial charge in [-0.1, -0.05) is 61.0 Å². The monoisotopic (exact) mass is 541 g/mol. The molecule has 0 bridgehead atoms. The van der Waals surface area contributed by atoms with Gasteiger partial charge >= 0.3 is 0 Å². The molecule has 0 aliphatic heterocycles. The zero-order chi connectivity index (χ0) is 27.0. The molecule has 196 valence electrons. The first-order valence-corrected chi connectivity index (χ1v) is 14.0. The first kappa shape index (κ1) is 28.2. The van der Waals surface area contributed by atoms with Gasteiger partial charge in [0.05, 0.1) is 10.6 Å². The van der Waals surface area contributed by atoms with Crippen LogP contribution in [0.5, 0.6) is 0 Å². The topological polar surface area (TPSA) is 86.8 Å². The number of aryl methyl sites for hydroxylation is 1. The molecule has 9 heteroatoms. The fourth-order valence-electron chi connectivity index (χ4n) is 3.88. The van der Waals surface area contributed by atoms with Gasteiger partial charge in [0.15, 0.2) is 0 Å². The van der Waals surface area contributed by atoms with Gasteiger partial charge in [-0.3, -0.25) is 13.9 Å². The molecule has 0 saturated carbocycles. The van der Waals surface area contributed by atoms with Crippen LogP contribution in [0.15, 0.2) is 83.8 Å². The Morgan fingerprint density at radius 2 is 1.59 bits per heavy atom. The number of sulfonamides is 1. The number of amides is 2. The average Bonchev–Trinajstić information content (AvgIpc) is 2.90. The molecule has 1 N–H and O–H groups in total. The Labute approximate surface area is 224 Å². The van der Waals surface area contributed by atoms with Crippen molar-refractivity contribution >= 4 is 39.1 Å². The molecule has 3 aromatic carbocycles. The minimum atomic E-state index is -4.07. The Balaban J connectivity index is 2.02. The van der Waals surface area contributed by atoms with Crippen molar-refractivity contribution < 1.29 is 18.0 Å². The van der Waals surface area contributed by atoms with Gasteiger partial charge in [0.1, 0.15) is 12.6 Å². The number of carbonyl (C=O) groups is 2. The zero-order valence-corrected chi connectivity index (χ0v) is 22.8. The quantitative estimate of drug-likeness (QED) is 0.383. The summed E-state index contributed by atoms with van der Waals surface area (Å²) in [5.41, 5.74) is 2.13. The van der Waals surface area contributed by atoms with Crippen LogP contribution in [0.4, 0.5) is 5.69 Å². The number of rotatable bonds is 11. The van der Waals surface area contributed by atoms with Gasteiger partial charge < -0.3 is 10.2 Å². The Hall–Kier alpha value is -3.36. The van der Waals surface area contributed by atoms with Crippen LogP contribution in [-0.2, 0) is 32.6 Å². The highest BCUT2D eigenvalue weighted by atomic mass is 35.5. The molecule has 0 fully saturated rings. The van der Waals surface area contributed by atoms with Gasteiger partial charge in [0, 0.05) is 18.1 Å². The Kier molecular flexibility index (Phi) is 9.72. The predicted octanol–water partition coefficient (Wildman–Crippen LogP) is 4.65.